The van der Waals surface area contributed by atoms with E-state index >= 15 is 0 Å². The molecule has 0 unspecified atom stereocenters. The number of aromatic nitrogens is 1. The Hall–Kier alpha value is -1.88. The Morgan fingerprint density at radius 1 is 1.12 bits per heavy atom. The minimum Gasteiger partial charge on any atom is -0.305 e. The zero-order valence-corrected chi connectivity index (χ0v) is 16.9. The van der Waals surface area contributed by atoms with E-state index in [0.717, 1.165) is 22.0 Å². The Bertz CT molecular complexity index is 995. The number of Topliss-reactive ketones (excluding diaryl/α,β-unsaturated/α-hetero) is 1. The summed E-state index contributed by atoms with van der Waals surface area (Å²) in [5.41, 5.74) is 3.70. The third-order valence-corrected chi connectivity index (χ3v) is 5.78. The molecule has 0 bridgehead atoms. The quantitative estimate of drug-likeness (QED) is 0.272. The molecule has 1 heterocycles. The van der Waals surface area contributed by atoms with Gasteiger partial charge < -0.3 is 4.57 Å². The Balaban J connectivity index is 2.05. The fourth-order valence-electron chi connectivity index (χ4n) is 2.79. The van der Waals surface area contributed by atoms with Crippen LogP contribution in [0.4, 0.5) is 0 Å². The first-order chi connectivity index (χ1) is 12.5. The van der Waals surface area contributed by atoms with E-state index in [1.807, 2.05) is 60.0 Å². The summed E-state index contributed by atoms with van der Waals surface area (Å²) in [5, 5.41) is 0.666. The SMILES string of the molecule is CC(=O)c1c(SCc2ccccc2)cc(C)n(-c2ccc(Cl)cc2)c1=S. The molecule has 0 amide bonds. The van der Waals surface area contributed by atoms with Crippen molar-refractivity contribution in [3.63, 3.8) is 0 Å². The van der Waals surface area contributed by atoms with Crippen LogP contribution < -0.4 is 0 Å². The average molecular weight is 400 g/mol. The Morgan fingerprint density at radius 3 is 2.38 bits per heavy atom. The van der Waals surface area contributed by atoms with E-state index in [9.17, 15) is 4.79 Å². The van der Waals surface area contributed by atoms with Crippen LogP contribution in [0.3, 0.4) is 0 Å². The molecule has 0 radical (unpaired) electrons. The zero-order chi connectivity index (χ0) is 18.7. The van der Waals surface area contributed by atoms with Crippen LogP contribution in [-0.2, 0) is 5.75 Å². The molecule has 2 aromatic carbocycles. The lowest BCUT2D eigenvalue weighted by Crippen LogP contribution is -2.09. The Kier molecular flexibility index (Phi) is 5.97. The number of nitrogens with zero attached hydrogens (tertiary/aromatic N) is 1. The van der Waals surface area contributed by atoms with Gasteiger partial charge >= 0.3 is 0 Å². The predicted octanol–water partition coefficient (Wildman–Crippen LogP) is 6.66. The van der Waals surface area contributed by atoms with Gasteiger partial charge in [-0.2, -0.15) is 0 Å². The molecule has 0 aliphatic heterocycles. The number of rotatable bonds is 5. The van der Waals surface area contributed by atoms with Gasteiger partial charge in [0.2, 0.25) is 0 Å². The largest absolute Gasteiger partial charge is 0.305 e. The lowest BCUT2D eigenvalue weighted by atomic mass is 10.1. The maximum absolute atomic E-state index is 12.3. The monoisotopic (exact) mass is 399 g/mol. The van der Waals surface area contributed by atoms with E-state index < -0.39 is 0 Å². The fraction of sp³-hybridized carbons (Fsp3) is 0.143. The minimum absolute atomic E-state index is 0.0201. The molecule has 0 aliphatic carbocycles. The summed E-state index contributed by atoms with van der Waals surface area (Å²) >= 11 is 13.3. The minimum atomic E-state index is -0.0201. The molecule has 26 heavy (non-hydrogen) atoms. The van der Waals surface area contributed by atoms with Gasteiger partial charge in [-0.15, -0.1) is 11.8 Å². The van der Waals surface area contributed by atoms with Crippen molar-refractivity contribution in [1.82, 2.24) is 4.57 Å². The number of benzene rings is 2. The number of pyridine rings is 1. The van der Waals surface area contributed by atoms with Crippen LogP contribution in [-0.4, -0.2) is 10.4 Å². The van der Waals surface area contributed by atoms with Gasteiger partial charge in [-0.25, -0.2) is 0 Å². The number of halogens is 1. The van der Waals surface area contributed by atoms with Crippen LogP contribution in [0.25, 0.3) is 5.69 Å². The number of hydrogen-bond acceptors (Lipinski definition) is 3. The standard InChI is InChI=1S/C21H18ClNOS2/c1-14-12-19(26-13-16-6-4-3-5-7-16)20(15(2)24)21(25)23(14)18-10-8-17(22)9-11-18/h3-12H,13H2,1-2H3. The van der Waals surface area contributed by atoms with Crippen LogP contribution in [0, 0.1) is 11.6 Å². The molecule has 3 rings (SSSR count). The number of aryl methyl sites for hydroxylation is 1. The van der Waals surface area contributed by atoms with E-state index in [-0.39, 0.29) is 5.78 Å². The second-order valence-electron chi connectivity index (χ2n) is 5.97. The van der Waals surface area contributed by atoms with Crippen molar-refractivity contribution in [2.45, 2.75) is 24.5 Å². The zero-order valence-electron chi connectivity index (χ0n) is 14.5. The number of carbonyl (C=O) groups excluding carboxylic acids is 1. The summed E-state index contributed by atoms with van der Waals surface area (Å²) in [4.78, 5) is 13.3. The number of hydrogen-bond donors (Lipinski definition) is 0. The first kappa shape index (κ1) is 18.9. The maximum atomic E-state index is 12.3. The number of carbonyl (C=O) groups is 1. The molecule has 0 saturated carbocycles. The van der Waals surface area contributed by atoms with E-state index in [0.29, 0.717) is 15.2 Å². The maximum Gasteiger partial charge on any atom is 0.163 e. The van der Waals surface area contributed by atoms with Gasteiger partial charge in [0.05, 0.1) is 5.56 Å². The highest BCUT2D eigenvalue weighted by molar-refractivity contribution is 7.98. The van der Waals surface area contributed by atoms with Crippen molar-refractivity contribution in [2.75, 3.05) is 0 Å². The Morgan fingerprint density at radius 2 is 1.77 bits per heavy atom. The molecular formula is C21H18ClNOS2. The van der Waals surface area contributed by atoms with Crippen molar-refractivity contribution in [1.29, 1.82) is 0 Å². The molecule has 0 aliphatic rings. The molecule has 0 atom stereocenters. The summed E-state index contributed by atoms with van der Waals surface area (Å²) in [7, 11) is 0. The third kappa shape index (κ3) is 4.09. The van der Waals surface area contributed by atoms with Crippen molar-refractivity contribution < 1.29 is 4.79 Å². The molecule has 3 aromatic rings. The van der Waals surface area contributed by atoms with Gasteiger partial charge in [0, 0.05) is 27.1 Å². The summed E-state index contributed by atoms with van der Waals surface area (Å²) in [6, 6.07) is 19.7. The van der Waals surface area contributed by atoms with Gasteiger partial charge in [0.25, 0.3) is 0 Å². The van der Waals surface area contributed by atoms with E-state index in [1.54, 1.807) is 18.7 Å². The lowest BCUT2D eigenvalue weighted by Gasteiger charge is -2.17. The van der Waals surface area contributed by atoms with Gasteiger partial charge in [-0.3, -0.25) is 4.79 Å². The first-order valence-corrected chi connectivity index (χ1v) is 9.95. The Labute approximate surface area is 167 Å². The average Bonchev–Trinajstić information content (AvgIpc) is 2.61. The molecule has 1 aromatic heterocycles. The lowest BCUT2D eigenvalue weighted by molar-refractivity contribution is 0.101. The van der Waals surface area contributed by atoms with Crippen LogP contribution in [0.1, 0.15) is 28.5 Å². The number of ketones is 1. The summed E-state index contributed by atoms with van der Waals surface area (Å²) < 4.78 is 2.46. The van der Waals surface area contributed by atoms with Crippen molar-refractivity contribution in [2.24, 2.45) is 0 Å². The molecule has 2 nitrogen and oxygen atoms in total. The first-order valence-electron chi connectivity index (χ1n) is 8.17. The van der Waals surface area contributed by atoms with Crippen LogP contribution in [0.2, 0.25) is 5.02 Å². The molecule has 0 N–H and O–H groups in total. The molecule has 5 heteroatoms. The van der Waals surface area contributed by atoms with Crippen LogP contribution in [0.5, 0.6) is 0 Å². The van der Waals surface area contributed by atoms with E-state index in [1.165, 1.54) is 5.56 Å². The predicted molar refractivity (Wildman–Crippen MR) is 112 cm³/mol. The number of thioether (sulfide) groups is 1. The third-order valence-electron chi connectivity index (χ3n) is 4.03. The summed E-state index contributed by atoms with van der Waals surface area (Å²) in [5.74, 6) is 0.772. The van der Waals surface area contributed by atoms with Crippen LogP contribution in [0.15, 0.2) is 65.6 Å². The highest BCUT2D eigenvalue weighted by atomic mass is 35.5. The van der Waals surface area contributed by atoms with Gasteiger partial charge in [-0.1, -0.05) is 54.2 Å². The molecular weight excluding hydrogens is 382 g/mol. The molecule has 132 valence electrons. The van der Waals surface area contributed by atoms with E-state index in [2.05, 4.69) is 12.1 Å². The van der Waals surface area contributed by atoms with Crippen molar-refractivity contribution in [3.05, 3.63) is 87.1 Å². The fourth-order valence-corrected chi connectivity index (χ4v) is 4.64. The van der Waals surface area contributed by atoms with Crippen LogP contribution >= 0.6 is 35.6 Å². The van der Waals surface area contributed by atoms with Gasteiger partial charge in [-0.05, 0) is 49.7 Å². The van der Waals surface area contributed by atoms with Gasteiger partial charge in [0.1, 0.15) is 4.64 Å². The summed E-state index contributed by atoms with van der Waals surface area (Å²) in [6.45, 7) is 3.57. The molecule has 0 saturated heterocycles. The smallest absolute Gasteiger partial charge is 0.163 e. The van der Waals surface area contributed by atoms with Gasteiger partial charge in [0.15, 0.2) is 5.78 Å². The second kappa shape index (κ2) is 8.21. The normalized spacial score (nSPS) is 10.7. The second-order valence-corrected chi connectivity index (χ2v) is 7.81. The van der Waals surface area contributed by atoms with E-state index in [4.69, 9.17) is 23.8 Å². The summed E-state index contributed by atoms with van der Waals surface area (Å²) in [6.07, 6.45) is 0. The van der Waals surface area contributed by atoms with Crippen molar-refractivity contribution >= 4 is 41.4 Å². The van der Waals surface area contributed by atoms with Crippen molar-refractivity contribution in [3.8, 4) is 5.69 Å². The topological polar surface area (TPSA) is 22.0 Å². The molecule has 0 fully saturated rings. The highest BCUT2D eigenvalue weighted by Gasteiger charge is 2.16. The highest BCUT2D eigenvalue weighted by Crippen LogP contribution is 2.30. The molecule has 0 spiro atoms.